The highest BCUT2D eigenvalue weighted by atomic mass is 16.5. The lowest BCUT2D eigenvalue weighted by Gasteiger charge is -2.32. The predicted octanol–water partition coefficient (Wildman–Crippen LogP) is 1.99. The van der Waals surface area contributed by atoms with Gasteiger partial charge in [-0.1, -0.05) is 37.3 Å². The van der Waals surface area contributed by atoms with Crippen molar-refractivity contribution < 1.29 is 9.53 Å². The Morgan fingerprint density at radius 2 is 2.05 bits per heavy atom. The van der Waals surface area contributed by atoms with Gasteiger partial charge in [-0.05, 0) is 37.8 Å². The van der Waals surface area contributed by atoms with Gasteiger partial charge in [-0.3, -0.25) is 0 Å². The Labute approximate surface area is 127 Å². The summed E-state index contributed by atoms with van der Waals surface area (Å²) in [5, 5.41) is 0. The van der Waals surface area contributed by atoms with Gasteiger partial charge >= 0.3 is 5.97 Å². The largest absolute Gasteiger partial charge is 0.464 e. The van der Waals surface area contributed by atoms with E-state index >= 15 is 0 Å². The Morgan fingerprint density at radius 1 is 1.43 bits per heavy atom. The third-order valence-electron chi connectivity index (χ3n) is 4.27. The molecule has 21 heavy (non-hydrogen) atoms. The Balaban J connectivity index is 2.13. The van der Waals surface area contributed by atoms with Crippen LogP contribution in [0.3, 0.4) is 0 Å². The second-order valence-electron chi connectivity index (χ2n) is 6.23. The van der Waals surface area contributed by atoms with Crippen molar-refractivity contribution >= 4 is 5.97 Å². The minimum Gasteiger partial charge on any atom is -0.464 e. The summed E-state index contributed by atoms with van der Waals surface area (Å²) in [6, 6.07) is 9.51. The molecule has 2 rings (SSSR count). The fourth-order valence-corrected chi connectivity index (χ4v) is 2.81. The summed E-state index contributed by atoms with van der Waals surface area (Å²) in [7, 11) is 2.02. The van der Waals surface area contributed by atoms with Gasteiger partial charge in [0.05, 0.1) is 6.61 Å². The van der Waals surface area contributed by atoms with E-state index in [0.29, 0.717) is 13.2 Å². The van der Waals surface area contributed by atoms with Crippen molar-refractivity contribution in [2.24, 2.45) is 17.6 Å². The zero-order valence-electron chi connectivity index (χ0n) is 13.2. The molecule has 3 unspecified atom stereocenters. The average molecular weight is 290 g/mol. The first kappa shape index (κ1) is 16.0. The number of nitrogens with two attached hydrogens (primary N) is 1. The van der Waals surface area contributed by atoms with E-state index < -0.39 is 5.54 Å². The molecular weight excluding hydrogens is 264 g/mol. The van der Waals surface area contributed by atoms with Gasteiger partial charge in [0.25, 0.3) is 0 Å². The highest BCUT2D eigenvalue weighted by molar-refractivity contribution is 5.82. The lowest BCUT2D eigenvalue weighted by Crippen LogP contribution is -2.53. The monoisotopic (exact) mass is 290 g/mol. The number of carbonyl (C=O) groups excluding carboxylic acids is 1. The van der Waals surface area contributed by atoms with E-state index in [-0.39, 0.29) is 5.97 Å². The van der Waals surface area contributed by atoms with Crippen molar-refractivity contribution in [2.75, 3.05) is 26.7 Å². The number of hydrogen-bond donors (Lipinski definition) is 1. The fourth-order valence-electron chi connectivity index (χ4n) is 2.81. The Hall–Kier alpha value is -1.39. The zero-order valence-corrected chi connectivity index (χ0v) is 13.2. The molecule has 1 aliphatic rings. The maximum Gasteiger partial charge on any atom is 0.332 e. The normalized spacial score (nSPS) is 23.7. The van der Waals surface area contributed by atoms with Crippen molar-refractivity contribution in [1.29, 1.82) is 0 Å². The van der Waals surface area contributed by atoms with Crippen LogP contribution in [-0.4, -0.2) is 37.6 Å². The molecule has 0 radical (unpaired) electrons. The van der Waals surface area contributed by atoms with Crippen LogP contribution >= 0.6 is 0 Å². The average Bonchev–Trinajstić information content (AvgIpc) is 3.14. The highest BCUT2D eigenvalue weighted by Gasteiger charge is 2.40. The lowest BCUT2D eigenvalue weighted by atomic mass is 9.90. The zero-order chi connectivity index (χ0) is 15.5. The van der Waals surface area contributed by atoms with Crippen LogP contribution in [0.1, 0.15) is 25.8 Å². The summed E-state index contributed by atoms with van der Waals surface area (Å²) in [4.78, 5) is 14.5. The molecule has 0 spiro atoms. The van der Waals surface area contributed by atoms with Gasteiger partial charge in [0.1, 0.15) is 0 Å². The van der Waals surface area contributed by atoms with E-state index in [2.05, 4.69) is 11.8 Å². The summed E-state index contributed by atoms with van der Waals surface area (Å²) in [6.07, 6.45) is 1.27. The Morgan fingerprint density at radius 3 is 2.57 bits per heavy atom. The molecule has 0 saturated heterocycles. The first-order valence-corrected chi connectivity index (χ1v) is 7.67. The topological polar surface area (TPSA) is 55.6 Å². The van der Waals surface area contributed by atoms with E-state index in [1.165, 1.54) is 6.42 Å². The third kappa shape index (κ3) is 3.83. The lowest BCUT2D eigenvalue weighted by molar-refractivity contribution is -0.150. The first-order valence-electron chi connectivity index (χ1n) is 7.67. The first-order chi connectivity index (χ1) is 9.97. The third-order valence-corrected chi connectivity index (χ3v) is 4.27. The standard InChI is InChI=1S/C17H26N2O2/c1-4-21-16(20)17(18,15-8-6-5-7-9-15)12-19(3)11-14-10-13(14)2/h5-9,13-14H,4,10-12,18H2,1-3H3. The van der Waals surface area contributed by atoms with E-state index in [1.807, 2.05) is 37.4 Å². The molecule has 0 heterocycles. The molecule has 0 amide bonds. The van der Waals surface area contributed by atoms with E-state index in [4.69, 9.17) is 10.5 Å². The van der Waals surface area contributed by atoms with Crippen molar-refractivity contribution in [3.05, 3.63) is 35.9 Å². The molecular formula is C17H26N2O2. The number of hydrogen-bond acceptors (Lipinski definition) is 4. The molecule has 4 heteroatoms. The maximum absolute atomic E-state index is 12.4. The van der Waals surface area contributed by atoms with Gasteiger partial charge < -0.3 is 15.4 Å². The molecule has 3 atom stereocenters. The molecule has 2 N–H and O–H groups in total. The Kier molecular flexibility index (Phi) is 5.01. The van der Waals surface area contributed by atoms with Crippen LogP contribution in [0.2, 0.25) is 0 Å². The summed E-state index contributed by atoms with van der Waals surface area (Å²) < 4.78 is 5.21. The van der Waals surface area contributed by atoms with Crippen molar-refractivity contribution in [3.8, 4) is 0 Å². The van der Waals surface area contributed by atoms with E-state index in [9.17, 15) is 4.79 Å². The second-order valence-corrected chi connectivity index (χ2v) is 6.23. The molecule has 0 aromatic heterocycles. The van der Waals surface area contributed by atoms with Crippen LogP contribution in [0.25, 0.3) is 0 Å². The summed E-state index contributed by atoms with van der Waals surface area (Å²) >= 11 is 0. The molecule has 1 saturated carbocycles. The second kappa shape index (κ2) is 6.58. The van der Waals surface area contributed by atoms with Gasteiger partial charge in [-0.2, -0.15) is 0 Å². The van der Waals surface area contributed by atoms with Gasteiger partial charge in [-0.25, -0.2) is 4.79 Å². The minimum atomic E-state index is -1.11. The van der Waals surface area contributed by atoms with E-state index in [1.54, 1.807) is 6.92 Å². The van der Waals surface area contributed by atoms with Crippen LogP contribution in [-0.2, 0) is 15.1 Å². The summed E-state index contributed by atoms with van der Waals surface area (Å²) in [6.45, 7) is 5.86. The van der Waals surface area contributed by atoms with Crippen LogP contribution in [0.15, 0.2) is 30.3 Å². The molecule has 1 fully saturated rings. The number of esters is 1. The number of rotatable bonds is 7. The van der Waals surface area contributed by atoms with Gasteiger partial charge in [0.15, 0.2) is 5.54 Å². The molecule has 1 aromatic rings. The van der Waals surface area contributed by atoms with Crippen molar-refractivity contribution in [3.63, 3.8) is 0 Å². The number of ether oxygens (including phenoxy) is 1. The minimum absolute atomic E-state index is 0.341. The van der Waals surface area contributed by atoms with Crippen molar-refractivity contribution in [2.45, 2.75) is 25.8 Å². The smallest absolute Gasteiger partial charge is 0.332 e. The predicted molar refractivity (Wildman–Crippen MR) is 83.7 cm³/mol. The molecule has 0 aliphatic heterocycles. The SMILES string of the molecule is CCOC(=O)C(N)(CN(C)CC1CC1C)c1ccccc1. The van der Waals surface area contributed by atoms with Crippen LogP contribution < -0.4 is 5.73 Å². The number of carbonyl (C=O) groups is 1. The Bertz CT molecular complexity index is 477. The molecule has 1 aromatic carbocycles. The molecule has 1 aliphatic carbocycles. The van der Waals surface area contributed by atoms with E-state index in [0.717, 1.165) is 23.9 Å². The highest BCUT2D eigenvalue weighted by Crippen LogP contribution is 2.38. The summed E-state index contributed by atoms with van der Waals surface area (Å²) in [5.74, 6) is 1.17. The maximum atomic E-state index is 12.4. The van der Waals surface area contributed by atoms with Crippen LogP contribution in [0.4, 0.5) is 0 Å². The van der Waals surface area contributed by atoms with Gasteiger partial charge in [0, 0.05) is 13.1 Å². The number of nitrogens with zero attached hydrogens (tertiary/aromatic N) is 1. The van der Waals surface area contributed by atoms with Crippen LogP contribution in [0, 0.1) is 11.8 Å². The van der Waals surface area contributed by atoms with Crippen LogP contribution in [0.5, 0.6) is 0 Å². The molecule has 0 bridgehead atoms. The fraction of sp³-hybridized carbons (Fsp3) is 0.588. The van der Waals surface area contributed by atoms with Gasteiger partial charge in [0.2, 0.25) is 0 Å². The molecule has 4 nitrogen and oxygen atoms in total. The summed E-state index contributed by atoms with van der Waals surface area (Å²) in [5.41, 5.74) is 6.16. The quantitative estimate of drug-likeness (QED) is 0.780. The number of likely N-dealkylation sites (N-methyl/N-ethyl adjacent to an activating group) is 1. The van der Waals surface area contributed by atoms with Crippen molar-refractivity contribution in [1.82, 2.24) is 4.90 Å². The number of benzene rings is 1. The van der Waals surface area contributed by atoms with Gasteiger partial charge in [-0.15, -0.1) is 0 Å². The molecule has 116 valence electrons.